The molecule has 0 saturated heterocycles. The fourth-order valence-electron chi connectivity index (χ4n) is 2.75. The lowest BCUT2D eigenvalue weighted by Gasteiger charge is -2.12. The van der Waals surface area contributed by atoms with Crippen LogP contribution in [0.4, 0.5) is 11.4 Å². The van der Waals surface area contributed by atoms with E-state index in [4.69, 9.17) is 0 Å². The lowest BCUT2D eigenvalue weighted by atomic mass is 10.1. The lowest BCUT2D eigenvalue weighted by Crippen LogP contribution is -2.20. The van der Waals surface area contributed by atoms with Crippen molar-refractivity contribution in [1.29, 1.82) is 0 Å². The molecule has 8 nitrogen and oxygen atoms in total. The fourth-order valence-corrected chi connectivity index (χ4v) is 2.75. The van der Waals surface area contributed by atoms with Gasteiger partial charge in [-0.05, 0) is 23.3 Å². The van der Waals surface area contributed by atoms with Crippen LogP contribution in [0.1, 0.15) is 15.9 Å². The molecule has 1 aromatic heterocycles. The summed E-state index contributed by atoms with van der Waals surface area (Å²) in [5.41, 5.74) is 3.70. The summed E-state index contributed by atoms with van der Waals surface area (Å²) in [5.74, 6) is -0.384. The van der Waals surface area contributed by atoms with E-state index in [0.29, 0.717) is 12.2 Å². The highest BCUT2D eigenvalue weighted by atomic mass is 16.6. The average Bonchev–Trinajstić information content (AvgIpc) is 3.12. The number of benzene rings is 2. The van der Waals surface area contributed by atoms with Crippen molar-refractivity contribution >= 4 is 17.3 Å². The van der Waals surface area contributed by atoms with Gasteiger partial charge in [-0.15, -0.1) is 0 Å². The van der Waals surface area contributed by atoms with Crippen molar-refractivity contribution in [3.8, 4) is 11.1 Å². The molecule has 2 aromatic carbocycles. The van der Waals surface area contributed by atoms with Gasteiger partial charge in [-0.2, -0.15) is 5.10 Å². The zero-order chi connectivity index (χ0) is 19.4. The summed E-state index contributed by atoms with van der Waals surface area (Å²) in [4.78, 5) is 22.5. The highest BCUT2D eigenvalue weighted by Crippen LogP contribution is 2.24. The molecular formula is C19H19N5O3. The van der Waals surface area contributed by atoms with Gasteiger partial charge in [0.1, 0.15) is 0 Å². The third kappa shape index (κ3) is 4.12. The van der Waals surface area contributed by atoms with Gasteiger partial charge in [-0.3, -0.25) is 19.6 Å². The highest BCUT2D eigenvalue weighted by molar-refractivity contribution is 6.00. The van der Waals surface area contributed by atoms with Gasteiger partial charge in [0.2, 0.25) is 0 Å². The molecule has 3 rings (SSSR count). The summed E-state index contributed by atoms with van der Waals surface area (Å²) >= 11 is 0. The van der Waals surface area contributed by atoms with Crippen LogP contribution in [0.5, 0.6) is 0 Å². The first-order chi connectivity index (χ1) is 13.0. The minimum absolute atomic E-state index is 0.127. The number of nitro benzene ring substituents is 1. The van der Waals surface area contributed by atoms with Crippen LogP contribution in [0.3, 0.4) is 0 Å². The first kappa shape index (κ1) is 18.1. The molecule has 138 valence electrons. The van der Waals surface area contributed by atoms with Crippen LogP contribution >= 0.6 is 0 Å². The number of nitro groups is 1. The minimum atomic E-state index is -0.520. The molecule has 8 heteroatoms. The molecule has 2 N–H and O–H groups in total. The number of hydrogen-bond acceptors (Lipinski definition) is 5. The van der Waals surface area contributed by atoms with Crippen molar-refractivity contribution in [2.24, 2.45) is 7.05 Å². The zero-order valence-corrected chi connectivity index (χ0v) is 15.0. The van der Waals surface area contributed by atoms with Crippen LogP contribution in [0.15, 0.2) is 54.9 Å². The predicted octanol–water partition coefficient (Wildman–Crippen LogP) is 2.97. The Morgan fingerprint density at radius 3 is 2.70 bits per heavy atom. The van der Waals surface area contributed by atoms with Crippen molar-refractivity contribution < 1.29 is 9.72 Å². The van der Waals surface area contributed by atoms with Crippen LogP contribution in [-0.4, -0.2) is 27.7 Å². The quantitative estimate of drug-likeness (QED) is 0.516. The highest BCUT2D eigenvalue weighted by Gasteiger charge is 2.15. The number of nitrogens with one attached hydrogen (secondary N) is 2. The number of carbonyl (C=O) groups is 1. The van der Waals surface area contributed by atoms with Crippen LogP contribution in [-0.2, 0) is 13.6 Å². The number of hydrogen-bond donors (Lipinski definition) is 2. The lowest BCUT2D eigenvalue weighted by molar-refractivity contribution is -0.384. The normalized spacial score (nSPS) is 10.4. The van der Waals surface area contributed by atoms with E-state index >= 15 is 0 Å². The molecule has 0 saturated carbocycles. The first-order valence-corrected chi connectivity index (χ1v) is 8.30. The van der Waals surface area contributed by atoms with Gasteiger partial charge >= 0.3 is 0 Å². The Morgan fingerprint density at radius 1 is 1.22 bits per heavy atom. The predicted molar refractivity (Wildman–Crippen MR) is 102 cm³/mol. The number of non-ortho nitro benzene ring substituents is 1. The molecule has 0 aliphatic carbocycles. The van der Waals surface area contributed by atoms with Crippen LogP contribution in [0.2, 0.25) is 0 Å². The van der Waals surface area contributed by atoms with E-state index < -0.39 is 4.92 Å². The van der Waals surface area contributed by atoms with E-state index in [-0.39, 0.29) is 17.2 Å². The Kier molecular flexibility index (Phi) is 5.16. The number of aromatic nitrogens is 2. The number of carbonyl (C=O) groups excluding carboxylic acids is 1. The zero-order valence-electron chi connectivity index (χ0n) is 15.0. The van der Waals surface area contributed by atoms with Crippen molar-refractivity contribution in [3.63, 3.8) is 0 Å². The molecular weight excluding hydrogens is 346 g/mol. The maximum absolute atomic E-state index is 12.1. The average molecular weight is 365 g/mol. The van der Waals surface area contributed by atoms with Gasteiger partial charge in [0.05, 0.1) is 16.7 Å². The van der Waals surface area contributed by atoms with Gasteiger partial charge in [0, 0.05) is 50.2 Å². The van der Waals surface area contributed by atoms with Gasteiger partial charge < -0.3 is 10.6 Å². The maximum Gasteiger partial charge on any atom is 0.270 e. The summed E-state index contributed by atoms with van der Waals surface area (Å²) in [6, 6.07) is 12.2. The van der Waals surface area contributed by atoms with E-state index in [1.54, 1.807) is 16.9 Å². The molecule has 3 aromatic rings. The molecule has 0 fully saturated rings. The summed E-state index contributed by atoms with van der Waals surface area (Å²) in [6.07, 6.45) is 3.74. The minimum Gasteiger partial charge on any atom is -0.380 e. The Hall–Kier alpha value is -3.68. The first-order valence-electron chi connectivity index (χ1n) is 8.30. The maximum atomic E-state index is 12.1. The number of rotatable bonds is 6. The largest absolute Gasteiger partial charge is 0.380 e. The number of aryl methyl sites for hydroxylation is 1. The van der Waals surface area contributed by atoms with Crippen molar-refractivity contribution in [3.05, 3.63) is 76.1 Å². The second-order valence-electron chi connectivity index (χ2n) is 6.02. The second kappa shape index (κ2) is 7.69. The summed E-state index contributed by atoms with van der Waals surface area (Å²) in [6.45, 7) is 0.468. The fraction of sp³-hybridized carbons (Fsp3) is 0.158. The summed E-state index contributed by atoms with van der Waals surface area (Å²) < 4.78 is 1.74. The molecule has 27 heavy (non-hydrogen) atoms. The van der Waals surface area contributed by atoms with Crippen molar-refractivity contribution in [2.75, 3.05) is 12.4 Å². The van der Waals surface area contributed by atoms with Crippen LogP contribution < -0.4 is 10.6 Å². The molecule has 0 radical (unpaired) electrons. The van der Waals surface area contributed by atoms with E-state index in [1.807, 2.05) is 37.5 Å². The molecule has 0 aliphatic heterocycles. The molecule has 0 bridgehead atoms. The van der Waals surface area contributed by atoms with Gasteiger partial charge in [0.15, 0.2) is 0 Å². The molecule has 1 amide bonds. The molecule has 0 atom stereocenters. The third-order valence-electron chi connectivity index (χ3n) is 4.13. The molecule has 0 unspecified atom stereocenters. The van der Waals surface area contributed by atoms with Crippen LogP contribution in [0, 0.1) is 10.1 Å². The van der Waals surface area contributed by atoms with Crippen molar-refractivity contribution in [2.45, 2.75) is 6.54 Å². The molecule has 1 heterocycles. The van der Waals surface area contributed by atoms with Crippen LogP contribution in [0.25, 0.3) is 11.1 Å². The number of nitrogens with zero attached hydrogens (tertiary/aromatic N) is 3. The Labute approximate surface area is 156 Å². The third-order valence-corrected chi connectivity index (χ3v) is 4.13. The topological polar surface area (TPSA) is 102 Å². The Balaban J connectivity index is 1.82. The standard InChI is InChI=1S/C19H19N5O3/c1-20-19(25)17-9-16(24(26)27)6-7-18(17)21-10-13-4-3-5-14(8-13)15-11-22-23(2)12-15/h3-9,11-12,21H,10H2,1-2H3,(H,20,25). The van der Waals surface area contributed by atoms with Gasteiger partial charge in [-0.1, -0.05) is 18.2 Å². The van der Waals surface area contributed by atoms with Gasteiger partial charge in [0.25, 0.3) is 11.6 Å². The molecule has 0 aliphatic rings. The Bertz CT molecular complexity index is 997. The van der Waals surface area contributed by atoms with E-state index in [0.717, 1.165) is 16.7 Å². The summed E-state index contributed by atoms with van der Waals surface area (Å²) in [5, 5.41) is 20.9. The Morgan fingerprint density at radius 2 is 2.04 bits per heavy atom. The van der Waals surface area contributed by atoms with Gasteiger partial charge in [-0.25, -0.2) is 0 Å². The summed E-state index contributed by atoms with van der Waals surface area (Å²) in [7, 11) is 3.35. The monoisotopic (exact) mass is 365 g/mol. The number of anilines is 1. The molecule has 0 spiro atoms. The van der Waals surface area contributed by atoms with E-state index in [1.165, 1.54) is 19.2 Å². The van der Waals surface area contributed by atoms with Crippen molar-refractivity contribution in [1.82, 2.24) is 15.1 Å². The van der Waals surface area contributed by atoms with E-state index in [2.05, 4.69) is 15.7 Å². The van der Waals surface area contributed by atoms with E-state index in [9.17, 15) is 14.9 Å². The second-order valence-corrected chi connectivity index (χ2v) is 6.02. The smallest absolute Gasteiger partial charge is 0.270 e. The SMILES string of the molecule is CNC(=O)c1cc([N+](=O)[O-])ccc1NCc1cccc(-c2cnn(C)c2)c1. The number of amides is 1.